The van der Waals surface area contributed by atoms with Gasteiger partial charge in [0.05, 0.1) is 0 Å². The fraction of sp³-hybridized carbons (Fsp3) is 0.300. The second-order valence-electron chi connectivity index (χ2n) is 4.93. The van der Waals surface area contributed by atoms with Crippen molar-refractivity contribution in [2.24, 2.45) is 5.73 Å². The van der Waals surface area contributed by atoms with Gasteiger partial charge < -0.3 is 15.9 Å². The third-order valence-electron chi connectivity index (χ3n) is 2.32. The molecule has 0 amide bonds. The van der Waals surface area contributed by atoms with Gasteiger partial charge in [-0.1, -0.05) is 69.5 Å². The summed E-state index contributed by atoms with van der Waals surface area (Å²) >= 11 is 0. The SMILES string of the molecule is C=C(C)C(=O)O.C=C(C)C(=O)O.C=Cc1ccccc1.CCCCN. The van der Waals surface area contributed by atoms with Crippen LogP contribution < -0.4 is 5.73 Å². The molecule has 1 aromatic carbocycles. The zero-order valence-corrected chi connectivity index (χ0v) is 15.5. The Kier molecular flexibility index (Phi) is 21.1. The van der Waals surface area contributed by atoms with Crippen molar-refractivity contribution in [1.82, 2.24) is 0 Å². The smallest absolute Gasteiger partial charge is 0.330 e. The molecule has 5 nitrogen and oxygen atoms in total. The lowest BCUT2D eigenvalue weighted by Gasteiger charge is -1.85. The van der Waals surface area contributed by atoms with E-state index in [9.17, 15) is 9.59 Å². The summed E-state index contributed by atoms with van der Waals surface area (Å²) in [7, 11) is 0. The maximum atomic E-state index is 9.60. The Morgan fingerprint density at radius 3 is 1.52 bits per heavy atom. The van der Waals surface area contributed by atoms with E-state index in [1.807, 2.05) is 36.4 Å². The second kappa shape index (κ2) is 19.4. The number of nitrogens with two attached hydrogens (primary N) is 1. The Morgan fingerprint density at radius 1 is 1.04 bits per heavy atom. The second-order valence-corrected chi connectivity index (χ2v) is 4.93. The first-order valence-corrected chi connectivity index (χ1v) is 7.79. The molecule has 140 valence electrons. The minimum Gasteiger partial charge on any atom is -0.478 e. The minimum atomic E-state index is -0.935. The van der Waals surface area contributed by atoms with Gasteiger partial charge in [0.2, 0.25) is 0 Å². The highest BCUT2D eigenvalue weighted by Crippen LogP contribution is 1.97. The topological polar surface area (TPSA) is 101 Å². The molecule has 0 saturated carbocycles. The van der Waals surface area contributed by atoms with E-state index in [-0.39, 0.29) is 11.1 Å². The van der Waals surface area contributed by atoms with Crippen molar-refractivity contribution in [3.05, 3.63) is 66.8 Å². The molecule has 0 aliphatic carbocycles. The van der Waals surface area contributed by atoms with Crippen LogP contribution in [0.1, 0.15) is 39.2 Å². The number of carboxylic acids is 2. The van der Waals surface area contributed by atoms with Crippen LogP contribution in [-0.2, 0) is 9.59 Å². The highest BCUT2D eigenvalue weighted by atomic mass is 16.4. The van der Waals surface area contributed by atoms with Gasteiger partial charge in [-0.3, -0.25) is 0 Å². The third-order valence-corrected chi connectivity index (χ3v) is 2.32. The molecule has 0 unspecified atom stereocenters. The molecule has 5 heteroatoms. The molecule has 0 atom stereocenters. The maximum absolute atomic E-state index is 9.60. The number of carboxylic acid groups (broad SMARTS) is 2. The average Bonchev–Trinajstić information content (AvgIpc) is 2.58. The van der Waals surface area contributed by atoms with Crippen LogP contribution in [0, 0.1) is 0 Å². The van der Waals surface area contributed by atoms with E-state index in [1.54, 1.807) is 0 Å². The zero-order chi connectivity index (χ0) is 20.3. The first-order valence-electron chi connectivity index (χ1n) is 7.79. The molecule has 0 aliphatic heterocycles. The van der Waals surface area contributed by atoms with Crippen molar-refractivity contribution in [1.29, 1.82) is 0 Å². The summed E-state index contributed by atoms with van der Waals surface area (Å²) in [6, 6.07) is 10.0. The molecule has 0 heterocycles. The fourth-order valence-electron chi connectivity index (χ4n) is 0.793. The summed E-state index contributed by atoms with van der Waals surface area (Å²) in [6.45, 7) is 15.8. The standard InChI is InChI=1S/C8H8.C4H11N.2C4H6O2/c1-2-8-6-4-3-5-7-8;1-2-3-4-5;2*1-3(2)4(5)6/h2-7H,1H2;2-5H2,1H3;2*1H2,2H3,(H,5,6). The van der Waals surface area contributed by atoms with Gasteiger partial charge in [0.25, 0.3) is 0 Å². The molecule has 0 aromatic heterocycles. The lowest BCUT2D eigenvalue weighted by atomic mass is 10.2. The Morgan fingerprint density at radius 2 is 1.40 bits per heavy atom. The average molecular weight is 349 g/mol. The monoisotopic (exact) mass is 349 g/mol. The highest BCUT2D eigenvalue weighted by molar-refractivity contribution is 5.85. The molecule has 0 radical (unpaired) electrons. The summed E-state index contributed by atoms with van der Waals surface area (Å²) in [5, 5.41) is 15.8. The van der Waals surface area contributed by atoms with Gasteiger partial charge >= 0.3 is 11.9 Å². The van der Waals surface area contributed by atoms with Gasteiger partial charge in [-0.05, 0) is 32.4 Å². The number of benzene rings is 1. The van der Waals surface area contributed by atoms with E-state index in [0.717, 1.165) is 6.54 Å². The number of aliphatic carboxylic acids is 2. The quantitative estimate of drug-likeness (QED) is 0.685. The molecular weight excluding hydrogens is 318 g/mol. The van der Waals surface area contributed by atoms with Crippen LogP contribution in [0.25, 0.3) is 6.08 Å². The van der Waals surface area contributed by atoms with Crippen LogP contribution in [0.4, 0.5) is 0 Å². The zero-order valence-electron chi connectivity index (χ0n) is 15.5. The summed E-state index contributed by atoms with van der Waals surface area (Å²) < 4.78 is 0. The summed E-state index contributed by atoms with van der Waals surface area (Å²) in [5.74, 6) is -1.87. The van der Waals surface area contributed by atoms with Crippen LogP contribution in [0.2, 0.25) is 0 Å². The molecule has 0 saturated heterocycles. The summed E-state index contributed by atoms with van der Waals surface area (Å²) in [6.07, 6.45) is 4.22. The van der Waals surface area contributed by atoms with Crippen molar-refractivity contribution in [3.63, 3.8) is 0 Å². The van der Waals surface area contributed by atoms with E-state index in [1.165, 1.54) is 32.3 Å². The van der Waals surface area contributed by atoms with E-state index in [4.69, 9.17) is 15.9 Å². The molecule has 4 N–H and O–H groups in total. The number of carbonyl (C=O) groups is 2. The summed E-state index contributed by atoms with van der Waals surface area (Å²) in [5.41, 5.74) is 6.66. The fourth-order valence-corrected chi connectivity index (χ4v) is 0.793. The molecule has 0 spiro atoms. The number of rotatable bonds is 5. The predicted molar refractivity (Wildman–Crippen MR) is 105 cm³/mol. The third kappa shape index (κ3) is 26.5. The van der Waals surface area contributed by atoms with Crippen LogP contribution in [0.3, 0.4) is 0 Å². The normalized spacial score (nSPS) is 8.00. The van der Waals surface area contributed by atoms with Gasteiger partial charge in [-0.15, -0.1) is 0 Å². The van der Waals surface area contributed by atoms with Crippen molar-refractivity contribution in [2.75, 3.05) is 6.54 Å². The van der Waals surface area contributed by atoms with Crippen molar-refractivity contribution in [3.8, 4) is 0 Å². The lowest BCUT2D eigenvalue weighted by molar-refractivity contribution is -0.133. The lowest BCUT2D eigenvalue weighted by Crippen LogP contribution is -1.95. The maximum Gasteiger partial charge on any atom is 0.330 e. The van der Waals surface area contributed by atoms with Crippen LogP contribution in [0.5, 0.6) is 0 Å². The van der Waals surface area contributed by atoms with Crippen molar-refractivity contribution in [2.45, 2.75) is 33.6 Å². The van der Waals surface area contributed by atoms with Crippen LogP contribution >= 0.6 is 0 Å². The molecule has 1 rings (SSSR count). The van der Waals surface area contributed by atoms with E-state index in [2.05, 4.69) is 26.7 Å². The molecule has 0 bridgehead atoms. The minimum absolute atomic E-state index is 0.176. The molecular formula is C20H31NO4. The van der Waals surface area contributed by atoms with E-state index >= 15 is 0 Å². The van der Waals surface area contributed by atoms with Gasteiger partial charge in [0, 0.05) is 11.1 Å². The first kappa shape index (κ1) is 27.2. The van der Waals surface area contributed by atoms with Crippen molar-refractivity contribution < 1.29 is 19.8 Å². The Hall–Kier alpha value is -2.66. The van der Waals surface area contributed by atoms with Gasteiger partial charge in [0.1, 0.15) is 0 Å². The van der Waals surface area contributed by atoms with Gasteiger partial charge in [-0.25, -0.2) is 9.59 Å². The Bertz CT molecular complexity index is 472. The largest absolute Gasteiger partial charge is 0.478 e. The first-order chi connectivity index (χ1) is 11.6. The van der Waals surface area contributed by atoms with Crippen LogP contribution in [-0.4, -0.2) is 28.7 Å². The Balaban J connectivity index is -0.000000263. The molecule has 0 aliphatic rings. The number of hydrogen-bond donors (Lipinski definition) is 3. The van der Waals surface area contributed by atoms with Crippen molar-refractivity contribution >= 4 is 18.0 Å². The summed E-state index contributed by atoms with van der Waals surface area (Å²) in [4.78, 5) is 19.2. The number of hydrogen-bond acceptors (Lipinski definition) is 3. The molecule has 1 aromatic rings. The molecule has 25 heavy (non-hydrogen) atoms. The van der Waals surface area contributed by atoms with E-state index in [0.29, 0.717) is 0 Å². The van der Waals surface area contributed by atoms with Crippen LogP contribution in [0.15, 0.2) is 61.2 Å². The van der Waals surface area contributed by atoms with Gasteiger partial charge in [0.15, 0.2) is 0 Å². The van der Waals surface area contributed by atoms with E-state index < -0.39 is 11.9 Å². The van der Waals surface area contributed by atoms with Gasteiger partial charge in [-0.2, -0.15) is 0 Å². The predicted octanol–water partition coefficient (Wildman–Crippen LogP) is 4.37. The highest BCUT2D eigenvalue weighted by Gasteiger charge is 1.90. The Labute approximate surface area is 151 Å². The molecule has 0 fully saturated rings. The number of unbranched alkanes of at least 4 members (excludes halogenated alkanes) is 1.